The fourth-order valence-corrected chi connectivity index (χ4v) is 1.66. The van der Waals surface area contributed by atoms with Gasteiger partial charge in [0.05, 0.1) is 6.57 Å². The van der Waals surface area contributed by atoms with Crippen molar-refractivity contribution >= 4 is 27.3 Å². The van der Waals surface area contributed by atoms with Crippen molar-refractivity contribution in [2.45, 2.75) is 26.8 Å². The summed E-state index contributed by atoms with van der Waals surface area (Å²) in [5.74, 6) is 0. The van der Waals surface area contributed by atoms with Crippen LogP contribution in [0.15, 0.2) is 16.6 Å². The molecule has 0 fully saturated rings. The lowest BCUT2D eigenvalue weighted by molar-refractivity contribution is 0.898. The van der Waals surface area contributed by atoms with Crippen LogP contribution in [0.1, 0.15) is 19.4 Å². The Morgan fingerprint density at radius 2 is 2.07 bits per heavy atom. The van der Waals surface area contributed by atoms with E-state index in [4.69, 9.17) is 6.57 Å². The van der Waals surface area contributed by atoms with E-state index in [1.54, 1.807) is 0 Å². The van der Waals surface area contributed by atoms with Crippen molar-refractivity contribution in [2.24, 2.45) is 0 Å². The highest BCUT2D eigenvalue weighted by Gasteiger charge is 2.05. The number of hydrogen-bond donors (Lipinski definition) is 1. The molecular weight excluding hydrogens is 240 g/mol. The summed E-state index contributed by atoms with van der Waals surface area (Å²) in [5.41, 5.74) is 2.75. The van der Waals surface area contributed by atoms with Crippen LogP contribution in [0.4, 0.5) is 11.4 Å². The van der Waals surface area contributed by atoms with E-state index >= 15 is 0 Å². The first-order valence-corrected chi connectivity index (χ1v) is 5.28. The summed E-state index contributed by atoms with van der Waals surface area (Å²) in [6, 6.07) is 4.24. The van der Waals surface area contributed by atoms with Gasteiger partial charge in [-0.25, -0.2) is 4.85 Å². The number of benzene rings is 1. The van der Waals surface area contributed by atoms with Gasteiger partial charge in [0.1, 0.15) is 0 Å². The highest BCUT2D eigenvalue weighted by atomic mass is 79.9. The summed E-state index contributed by atoms with van der Waals surface area (Å²) >= 11 is 3.44. The van der Waals surface area contributed by atoms with E-state index in [-0.39, 0.29) is 0 Å². The molecule has 0 aliphatic rings. The molecule has 1 N–H and O–H groups in total. The van der Waals surface area contributed by atoms with Gasteiger partial charge in [-0.3, -0.25) is 0 Å². The van der Waals surface area contributed by atoms with Crippen LogP contribution in [0.25, 0.3) is 4.85 Å². The molecular formula is C11H13BrN2. The van der Waals surface area contributed by atoms with E-state index in [2.05, 4.69) is 39.9 Å². The van der Waals surface area contributed by atoms with Gasteiger partial charge in [0, 0.05) is 16.2 Å². The molecule has 0 aromatic heterocycles. The summed E-state index contributed by atoms with van der Waals surface area (Å²) in [4.78, 5) is 3.44. The number of aryl methyl sites for hydroxylation is 1. The number of anilines is 1. The fourth-order valence-electron chi connectivity index (χ4n) is 1.21. The third-order valence-corrected chi connectivity index (χ3v) is 2.51. The Kier molecular flexibility index (Phi) is 3.54. The zero-order valence-electron chi connectivity index (χ0n) is 8.56. The maximum Gasteiger partial charge on any atom is 0.191 e. The molecule has 0 aliphatic heterocycles. The van der Waals surface area contributed by atoms with Gasteiger partial charge in [0.15, 0.2) is 5.69 Å². The average molecular weight is 253 g/mol. The van der Waals surface area contributed by atoms with Gasteiger partial charge in [0.2, 0.25) is 0 Å². The van der Waals surface area contributed by atoms with E-state index in [9.17, 15) is 0 Å². The molecule has 14 heavy (non-hydrogen) atoms. The lowest BCUT2D eigenvalue weighted by Crippen LogP contribution is -2.10. The standard InChI is InChI=1S/C11H13BrN2/c1-7(2)14-11-5-8(3)10(13-4)6-9(11)12/h5-7,14H,1-3H3. The minimum absolute atomic E-state index is 0.393. The van der Waals surface area contributed by atoms with Crippen LogP contribution in [0.3, 0.4) is 0 Å². The second kappa shape index (κ2) is 4.47. The third-order valence-electron chi connectivity index (χ3n) is 1.85. The van der Waals surface area contributed by atoms with E-state index in [1.165, 1.54) is 0 Å². The van der Waals surface area contributed by atoms with Gasteiger partial charge in [0.25, 0.3) is 0 Å². The minimum Gasteiger partial charge on any atom is -0.382 e. The first kappa shape index (κ1) is 11.1. The van der Waals surface area contributed by atoms with Crippen LogP contribution in [0.2, 0.25) is 0 Å². The average Bonchev–Trinajstić information content (AvgIpc) is 2.10. The molecule has 0 heterocycles. The Balaban J connectivity index is 3.10. The summed E-state index contributed by atoms with van der Waals surface area (Å²) < 4.78 is 0.947. The summed E-state index contributed by atoms with van der Waals surface area (Å²) in [5, 5.41) is 3.32. The van der Waals surface area contributed by atoms with Gasteiger partial charge >= 0.3 is 0 Å². The molecule has 0 spiro atoms. The summed E-state index contributed by atoms with van der Waals surface area (Å²) in [6.07, 6.45) is 0. The van der Waals surface area contributed by atoms with Gasteiger partial charge in [-0.15, -0.1) is 0 Å². The highest BCUT2D eigenvalue weighted by molar-refractivity contribution is 9.10. The molecule has 0 saturated carbocycles. The minimum atomic E-state index is 0.393. The second-order valence-electron chi connectivity index (χ2n) is 3.53. The number of hydrogen-bond acceptors (Lipinski definition) is 1. The van der Waals surface area contributed by atoms with Crippen LogP contribution < -0.4 is 5.32 Å². The Labute approximate surface area is 93.3 Å². The highest BCUT2D eigenvalue weighted by Crippen LogP contribution is 2.31. The van der Waals surface area contributed by atoms with E-state index in [1.807, 2.05) is 19.1 Å². The first-order valence-electron chi connectivity index (χ1n) is 4.48. The normalized spacial score (nSPS) is 10.0. The third kappa shape index (κ3) is 2.49. The van der Waals surface area contributed by atoms with Crippen LogP contribution in [0.5, 0.6) is 0 Å². The molecule has 0 atom stereocenters. The number of nitrogens with zero attached hydrogens (tertiary/aromatic N) is 1. The predicted octanol–water partition coefficient (Wildman–Crippen LogP) is 4.13. The predicted molar refractivity (Wildman–Crippen MR) is 63.9 cm³/mol. The first-order chi connectivity index (χ1) is 6.54. The van der Waals surface area contributed by atoms with E-state index in [0.29, 0.717) is 11.7 Å². The van der Waals surface area contributed by atoms with Crippen molar-refractivity contribution in [1.82, 2.24) is 0 Å². The maximum absolute atomic E-state index is 6.98. The van der Waals surface area contributed by atoms with Crippen LogP contribution in [-0.4, -0.2) is 6.04 Å². The van der Waals surface area contributed by atoms with Crippen molar-refractivity contribution in [1.29, 1.82) is 0 Å². The molecule has 0 saturated heterocycles. The Bertz CT molecular complexity index is 378. The van der Waals surface area contributed by atoms with Gasteiger partial charge < -0.3 is 5.32 Å². The number of nitrogens with one attached hydrogen (secondary N) is 1. The molecule has 0 aliphatic carbocycles. The molecule has 1 aromatic rings. The van der Waals surface area contributed by atoms with Gasteiger partial charge in [-0.2, -0.15) is 0 Å². The lowest BCUT2D eigenvalue weighted by atomic mass is 10.1. The lowest BCUT2D eigenvalue weighted by Gasteiger charge is -2.13. The van der Waals surface area contributed by atoms with Crippen LogP contribution in [-0.2, 0) is 0 Å². The Morgan fingerprint density at radius 1 is 1.43 bits per heavy atom. The number of halogens is 1. The molecule has 0 bridgehead atoms. The van der Waals surface area contributed by atoms with Crippen molar-refractivity contribution in [3.63, 3.8) is 0 Å². The van der Waals surface area contributed by atoms with Gasteiger partial charge in [-0.1, -0.05) is 0 Å². The zero-order valence-corrected chi connectivity index (χ0v) is 10.1. The van der Waals surface area contributed by atoms with Crippen LogP contribution in [0, 0.1) is 13.5 Å². The fraction of sp³-hybridized carbons (Fsp3) is 0.364. The molecule has 3 heteroatoms. The molecule has 1 rings (SSSR count). The largest absolute Gasteiger partial charge is 0.382 e. The second-order valence-corrected chi connectivity index (χ2v) is 4.38. The van der Waals surface area contributed by atoms with Gasteiger partial charge in [-0.05, 0) is 54.4 Å². The molecule has 0 amide bonds. The Hall–Kier alpha value is -1.01. The SMILES string of the molecule is [C-]#[N+]c1cc(Br)c(NC(C)C)cc1C. The summed E-state index contributed by atoms with van der Waals surface area (Å²) in [6.45, 7) is 13.1. The smallest absolute Gasteiger partial charge is 0.191 e. The van der Waals surface area contributed by atoms with E-state index in [0.717, 1.165) is 15.7 Å². The van der Waals surface area contributed by atoms with Crippen LogP contribution >= 0.6 is 15.9 Å². The van der Waals surface area contributed by atoms with Crippen molar-refractivity contribution in [2.75, 3.05) is 5.32 Å². The Morgan fingerprint density at radius 3 is 2.57 bits per heavy atom. The van der Waals surface area contributed by atoms with E-state index < -0.39 is 0 Å². The van der Waals surface area contributed by atoms with Crippen molar-refractivity contribution < 1.29 is 0 Å². The molecule has 0 radical (unpaired) electrons. The maximum atomic E-state index is 6.98. The monoisotopic (exact) mass is 252 g/mol. The zero-order chi connectivity index (χ0) is 10.7. The topological polar surface area (TPSA) is 16.4 Å². The van der Waals surface area contributed by atoms with Crippen molar-refractivity contribution in [3.05, 3.63) is 33.6 Å². The quantitative estimate of drug-likeness (QED) is 0.784. The molecule has 2 nitrogen and oxygen atoms in total. The number of rotatable bonds is 2. The molecule has 0 unspecified atom stereocenters. The van der Waals surface area contributed by atoms with Crippen molar-refractivity contribution in [3.8, 4) is 0 Å². The summed E-state index contributed by atoms with van der Waals surface area (Å²) in [7, 11) is 0. The molecule has 74 valence electrons. The molecule has 1 aromatic carbocycles.